The Morgan fingerprint density at radius 3 is 3.00 bits per heavy atom. The average molecular weight is 214 g/mol. The molecule has 0 aromatic carbocycles. The zero-order chi connectivity index (χ0) is 11.3. The van der Waals surface area contributed by atoms with Crippen LogP contribution in [0.4, 0.5) is 0 Å². The lowest BCUT2D eigenvalue weighted by atomic mass is 10.1. The second-order valence-corrected chi connectivity index (χ2v) is 3.24. The van der Waals surface area contributed by atoms with Gasteiger partial charge in [-0.3, -0.25) is 0 Å². The van der Waals surface area contributed by atoms with Crippen LogP contribution in [-0.4, -0.2) is 27.8 Å². The molecule has 0 bridgehead atoms. The Morgan fingerprint density at radius 1 is 1.67 bits per heavy atom. The van der Waals surface area contributed by atoms with E-state index in [4.69, 9.17) is 14.4 Å². The van der Waals surface area contributed by atoms with Gasteiger partial charge in [-0.2, -0.15) is 4.98 Å². The van der Waals surface area contributed by atoms with Crippen LogP contribution in [0, 0.1) is 0 Å². The quantitative estimate of drug-likeness (QED) is 0.765. The molecule has 1 aromatic heterocycles. The van der Waals surface area contributed by atoms with Crippen LogP contribution in [0.2, 0.25) is 0 Å². The second-order valence-electron chi connectivity index (χ2n) is 3.24. The number of carbonyl (C=O) groups is 1. The summed E-state index contributed by atoms with van der Waals surface area (Å²) in [6.45, 7) is 3.70. The topological polar surface area (TPSA) is 85.5 Å². The third-order valence-electron chi connectivity index (χ3n) is 1.99. The first kappa shape index (κ1) is 11.6. The van der Waals surface area contributed by atoms with Crippen LogP contribution in [-0.2, 0) is 16.1 Å². The molecule has 1 unspecified atom stereocenters. The SMILES string of the molecule is CCC(C)c1noc(COCC(=O)O)n1. The Labute approximate surface area is 87.2 Å². The summed E-state index contributed by atoms with van der Waals surface area (Å²) in [6.07, 6.45) is 0.926. The fraction of sp³-hybridized carbons (Fsp3) is 0.667. The predicted molar refractivity (Wildman–Crippen MR) is 50.3 cm³/mol. The van der Waals surface area contributed by atoms with Crippen molar-refractivity contribution < 1.29 is 19.2 Å². The minimum Gasteiger partial charge on any atom is -0.480 e. The summed E-state index contributed by atoms with van der Waals surface area (Å²) in [6, 6.07) is 0. The monoisotopic (exact) mass is 214 g/mol. The van der Waals surface area contributed by atoms with E-state index in [0.717, 1.165) is 6.42 Å². The molecule has 6 heteroatoms. The number of hydrogen-bond acceptors (Lipinski definition) is 5. The Hall–Kier alpha value is -1.43. The van der Waals surface area contributed by atoms with E-state index in [1.54, 1.807) is 0 Å². The molecule has 0 saturated heterocycles. The van der Waals surface area contributed by atoms with Crippen molar-refractivity contribution in [1.29, 1.82) is 0 Å². The van der Waals surface area contributed by atoms with Gasteiger partial charge in [-0.1, -0.05) is 19.0 Å². The number of nitrogens with zero attached hydrogens (tertiary/aromatic N) is 2. The first-order valence-corrected chi connectivity index (χ1v) is 4.75. The van der Waals surface area contributed by atoms with Gasteiger partial charge >= 0.3 is 5.97 Å². The van der Waals surface area contributed by atoms with E-state index < -0.39 is 5.97 Å². The number of hydrogen-bond donors (Lipinski definition) is 1. The zero-order valence-electron chi connectivity index (χ0n) is 8.77. The molecule has 0 spiro atoms. The van der Waals surface area contributed by atoms with Crippen LogP contribution in [0.3, 0.4) is 0 Å². The van der Waals surface area contributed by atoms with Crippen LogP contribution in [0.25, 0.3) is 0 Å². The molecule has 6 nitrogen and oxygen atoms in total. The predicted octanol–water partition coefficient (Wildman–Crippen LogP) is 1.18. The summed E-state index contributed by atoms with van der Waals surface area (Å²) in [5, 5.41) is 12.1. The minimum atomic E-state index is -1.02. The Bertz CT molecular complexity index is 324. The Balaban J connectivity index is 2.42. The van der Waals surface area contributed by atoms with Crippen LogP contribution >= 0.6 is 0 Å². The maximum Gasteiger partial charge on any atom is 0.329 e. The van der Waals surface area contributed by atoms with Gasteiger partial charge in [0.25, 0.3) is 5.89 Å². The fourth-order valence-electron chi connectivity index (χ4n) is 0.935. The molecule has 15 heavy (non-hydrogen) atoms. The second kappa shape index (κ2) is 5.45. The number of ether oxygens (including phenoxy) is 1. The highest BCUT2D eigenvalue weighted by molar-refractivity contribution is 5.67. The van der Waals surface area contributed by atoms with Gasteiger partial charge in [0.1, 0.15) is 13.2 Å². The van der Waals surface area contributed by atoms with E-state index in [2.05, 4.69) is 10.1 Å². The van der Waals surface area contributed by atoms with Crippen molar-refractivity contribution in [3.8, 4) is 0 Å². The lowest BCUT2D eigenvalue weighted by Gasteiger charge is -1.98. The number of carboxylic acids is 1. The van der Waals surface area contributed by atoms with Crippen molar-refractivity contribution in [3.05, 3.63) is 11.7 Å². The van der Waals surface area contributed by atoms with Gasteiger partial charge in [0.15, 0.2) is 5.82 Å². The first-order chi connectivity index (χ1) is 7.13. The highest BCUT2D eigenvalue weighted by atomic mass is 16.5. The van der Waals surface area contributed by atoms with Gasteiger partial charge < -0.3 is 14.4 Å². The molecular weight excluding hydrogens is 200 g/mol. The van der Waals surface area contributed by atoms with E-state index in [0.29, 0.717) is 11.7 Å². The molecule has 0 amide bonds. The number of aliphatic carboxylic acids is 1. The van der Waals surface area contributed by atoms with Crippen molar-refractivity contribution in [2.24, 2.45) is 0 Å². The van der Waals surface area contributed by atoms with Crippen molar-refractivity contribution in [2.45, 2.75) is 32.8 Å². The standard InChI is InChI=1S/C9H14N2O4/c1-3-6(2)9-10-7(15-11-9)4-14-5-8(12)13/h6H,3-5H2,1-2H3,(H,12,13). The van der Waals surface area contributed by atoms with E-state index in [-0.39, 0.29) is 19.1 Å². The third kappa shape index (κ3) is 3.67. The molecule has 1 N–H and O–H groups in total. The minimum absolute atomic E-state index is 0.0374. The highest BCUT2D eigenvalue weighted by Gasteiger charge is 2.12. The van der Waals surface area contributed by atoms with E-state index in [1.807, 2.05) is 13.8 Å². The van der Waals surface area contributed by atoms with Gasteiger partial charge in [0.2, 0.25) is 0 Å². The zero-order valence-corrected chi connectivity index (χ0v) is 8.77. The van der Waals surface area contributed by atoms with Crippen molar-refractivity contribution in [2.75, 3.05) is 6.61 Å². The van der Waals surface area contributed by atoms with Gasteiger partial charge in [-0.25, -0.2) is 4.79 Å². The molecule has 0 aliphatic carbocycles. The van der Waals surface area contributed by atoms with Crippen LogP contribution < -0.4 is 0 Å². The Morgan fingerprint density at radius 2 is 2.40 bits per heavy atom. The fourth-order valence-corrected chi connectivity index (χ4v) is 0.935. The average Bonchev–Trinajstić information content (AvgIpc) is 2.65. The lowest BCUT2D eigenvalue weighted by Crippen LogP contribution is -2.06. The summed E-state index contributed by atoms with van der Waals surface area (Å²) in [7, 11) is 0. The van der Waals surface area contributed by atoms with E-state index >= 15 is 0 Å². The summed E-state index contributed by atoms with van der Waals surface area (Å²) in [5.41, 5.74) is 0. The Kier molecular flexibility index (Phi) is 4.23. The van der Waals surface area contributed by atoms with Gasteiger partial charge in [-0.05, 0) is 6.42 Å². The molecule has 84 valence electrons. The number of rotatable bonds is 6. The summed E-state index contributed by atoms with van der Waals surface area (Å²) in [4.78, 5) is 14.2. The molecule has 1 atom stereocenters. The van der Waals surface area contributed by atoms with Crippen LogP contribution in [0.5, 0.6) is 0 Å². The van der Waals surface area contributed by atoms with Crippen molar-refractivity contribution in [3.63, 3.8) is 0 Å². The normalized spacial score (nSPS) is 12.7. The molecule has 0 saturated carbocycles. The summed E-state index contributed by atoms with van der Waals surface area (Å²) < 4.78 is 9.70. The number of carboxylic acid groups (broad SMARTS) is 1. The molecule has 0 aliphatic rings. The van der Waals surface area contributed by atoms with Gasteiger partial charge in [0.05, 0.1) is 0 Å². The van der Waals surface area contributed by atoms with Crippen molar-refractivity contribution >= 4 is 5.97 Å². The van der Waals surface area contributed by atoms with Crippen molar-refractivity contribution in [1.82, 2.24) is 10.1 Å². The van der Waals surface area contributed by atoms with Gasteiger partial charge in [0, 0.05) is 5.92 Å². The number of aromatic nitrogens is 2. The molecule has 0 fully saturated rings. The maximum absolute atomic E-state index is 10.2. The molecule has 0 aliphatic heterocycles. The summed E-state index contributed by atoms with van der Waals surface area (Å²) in [5.74, 6) is 0.164. The van der Waals surface area contributed by atoms with Gasteiger partial charge in [-0.15, -0.1) is 0 Å². The molecule has 1 aromatic rings. The lowest BCUT2D eigenvalue weighted by molar-refractivity contribution is -0.142. The highest BCUT2D eigenvalue weighted by Crippen LogP contribution is 2.14. The molecule has 1 heterocycles. The summed E-state index contributed by atoms with van der Waals surface area (Å²) >= 11 is 0. The smallest absolute Gasteiger partial charge is 0.329 e. The largest absolute Gasteiger partial charge is 0.480 e. The molecule has 0 radical (unpaired) electrons. The molecule has 1 rings (SSSR count). The van der Waals surface area contributed by atoms with Crippen LogP contribution in [0.15, 0.2) is 4.52 Å². The van der Waals surface area contributed by atoms with E-state index in [1.165, 1.54) is 0 Å². The maximum atomic E-state index is 10.2. The van der Waals surface area contributed by atoms with E-state index in [9.17, 15) is 4.79 Å². The molecular formula is C9H14N2O4. The van der Waals surface area contributed by atoms with Crippen LogP contribution in [0.1, 0.15) is 37.9 Å². The first-order valence-electron chi connectivity index (χ1n) is 4.75. The third-order valence-corrected chi connectivity index (χ3v) is 1.99.